The van der Waals surface area contributed by atoms with Gasteiger partial charge in [0, 0.05) is 25.3 Å². The molecule has 1 atom stereocenters. The number of rotatable bonds is 7. The number of ether oxygens (including phenoxy) is 1. The molecule has 0 saturated carbocycles. The van der Waals surface area contributed by atoms with Gasteiger partial charge in [-0.15, -0.1) is 0 Å². The second kappa shape index (κ2) is 7.26. The molecule has 0 aliphatic carbocycles. The summed E-state index contributed by atoms with van der Waals surface area (Å²) in [5, 5.41) is 0. The van der Waals surface area contributed by atoms with Crippen molar-refractivity contribution in [1.82, 2.24) is 4.72 Å². The van der Waals surface area contributed by atoms with E-state index in [0.717, 1.165) is 12.1 Å². The van der Waals surface area contributed by atoms with Gasteiger partial charge in [0.05, 0.1) is 6.61 Å². The molecule has 0 radical (unpaired) electrons. The maximum absolute atomic E-state index is 14.1. The van der Waals surface area contributed by atoms with Crippen molar-refractivity contribution in [3.63, 3.8) is 0 Å². The topological polar surface area (TPSA) is 81.4 Å². The molecule has 0 saturated heterocycles. The normalized spacial score (nSPS) is 13.7. The maximum Gasteiger partial charge on any atom is 0.243 e. The van der Waals surface area contributed by atoms with Gasteiger partial charge in [-0.05, 0) is 18.1 Å². The first-order chi connectivity index (χ1) is 9.74. The highest BCUT2D eigenvalue weighted by molar-refractivity contribution is 7.89. The third-order valence-corrected chi connectivity index (χ3v) is 4.61. The highest BCUT2D eigenvalue weighted by atomic mass is 32.2. The van der Waals surface area contributed by atoms with Crippen LogP contribution in [-0.2, 0) is 21.3 Å². The predicted molar refractivity (Wildman–Crippen MR) is 75.1 cm³/mol. The Labute approximate surface area is 123 Å². The second-order valence-corrected chi connectivity index (χ2v) is 6.65. The Morgan fingerprint density at radius 3 is 2.43 bits per heavy atom. The van der Waals surface area contributed by atoms with Gasteiger partial charge in [0.2, 0.25) is 10.0 Å². The number of hydrogen-bond acceptors (Lipinski definition) is 4. The lowest BCUT2D eigenvalue weighted by atomic mass is 10.1. The fourth-order valence-corrected chi connectivity index (χ4v) is 3.25. The van der Waals surface area contributed by atoms with E-state index in [1.807, 2.05) is 0 Å². The summed E-state index contributed by atoms with van der Waals surface area (Å²) >= 11 is 0. The summed E-state index contributed by atoms with van der Waals surface area (Å²) in [6.07, 6.45) is 0. The van der Waals surface area contributed by atoms with Crippen molar-refractivity contribution in [3.05, 3.63) is 29.3 Å². The lowest BCUT2D eigenvalue weighted by Crippen LogP contribution is -2.41. The Hall–Kier alpha value is -1.09. The van der Waals surface area contributed by atoms with Crippen LogP contribution in [0.2, 0.25) is 0 Å². The lowest BCUT2D eigenvalue weighted by molar-refractivity contribution is 0.157. The lowest BCUT2D eigenvalue weighted by Gasteiger charge is -2.21. The number of nitrogens with one attached hydrogen (secondary N) is 1. The highest BCUT2D eigenvalue weighted by Crippen LogP contribution is 2.21. The Morgan fingerprint density at radius 1 is 1.33 bits per heavy atom. The number of hydrogen-bond donors (Lipinski definition) is 2. The smallest absolute Gasteiger partial charge is 0.243 e. The summed E-state index contributed by atoms with van der Waals surface area (Å²) in [4.78, 5) is -0.619. The standard InChI is InChI=1S/C13H20F2N2O3S/c1-8(2)11(7-20-3)17-21(18,19)12-5-4-10(14)9(6-16)13(12)15/h4-5,8,11,17H,6-7,16H2,1-3H3. The van der Waals surface area contributed by atoms with Crippen LogP contribution >= 0.6 is 0 Å². The summed E-state index contributed by atoms with van der Waals surface area (Å²) in [6, 6.07) is 1.25. The van der Waals surface area contributed by atoms with Gasteiger partial charge in [-0.2, -0.15) is 0 Å². The van der Waals surface area contributed by atoms with Crippen molar-refractivity contribution in [2.45, 2.75) is 31.3 Å². The van der Waals surface area contributed by atoms with Gasteiger partial charge in [0.25, 0.3) is 0 Å². The van der Waals surface area contributed by atoms with Crippen LogP contribution < -0.4 is 10.5 Å². The molecule has 0 aliphatic rings. The van der Waals surface area contributed by atoms with E-state index in [4.69, 9.17) is 10.5 Å². The fraction of sp³-hybridized carbons (Fsp3) is 0.538. The third-order valence-electron chi connectivity index (χ3n) is 3.10. The van der Waals surface area contributed by atoms with Gasteiger partial charge in [-0.25, -0.2) is 21.9 Å². The van der Waals surface area contributed by atoms with Crippen molar-refractivity contribution in [2.75, 3.05) is 13.7 Å². The van der Waals surface area contributed by atoms with E-state index in [0.29, 0.717) is 0 Å². The van der Waals surface area contributed by atoms with Crippen molar-refractivity contribution >= 4 is 10.0 Å². The number of nitrogens with two attached hydrogens (primary N) is 1. The van der Waals surface area contributed by atoms with Crippen molar-refractivity contribution in [3.8, 4) is 0 Å². The van der Waals surface area contributed by atoms with Crippen LogP contribution in [0.25, 0.3) is 0 Å². The van der Waals surface area contributed by atoms with Gasteiger partial charge in [-0.1, -0.05) is 13.8 Å². The molecular weight excluding hydrogens is 302 g/mol. The third kappa shape index (κ3) is 4.19. The van der Waals surface area contributed by atoms with Crippen LogP contribution in [-0.4, -0.2) is 28.2 Å². The molecule has 0 aromatic heterocycles. The van der Waals surface area contributed by atoms with E-state index >= 15 is 0 Å². The first-order valence-electron chi connectivity index (χ1n) is 6.42. The minimum absolute atomic E-state index is 0.0581. The molecule has 0 amide bonds. The number of sulfonamides is 1. The quantitative estimate of drug-likeness (QED) is 0.794. The van der Waals surface area contributed by atoms with Gasteiger partial charge in [0.15, 0.2) is 5.82 Å². The maximum atomic E-state index is 14.1. The summed E-state index contributed by atoms with van der Waals surface area (Å²) in [7, 11) is -2.69. The number of halogens is 2. The van der Waals surface area contributed by atoms with Crippen LogP contribution in [0, 0.1) is 17.6 Å². The molecule has 1 aromatic carbocycles. The first-order valence-corrected chi connectivity index (χ1v) is 7.91. The van der Waals surface area contributed by atoms with Gasteiger partial charge in [-0.3, -0.25) is 0 Å². The van der Waals surface area contributed by atoms with Crippen LogP contribution in [0.1, 0.15) is 19.4 Å². The van der Waals surface area contributed by atoms with Gasteiger partial charge in [0.1, 0.15) is 10.7 Å². The Kier molecular flexibility index (Phi) is 6.21. The first kappa shape index (κ1) is 18.0. The molecule has 5 nitrogen and oxygen atoms in total. The van der Waals surface area contributed by atoms with Crippen LogP contribution in [0.4, 0.5) is 8.78 Å². The molecule has 1 rings (SSSR count). The molecule has 1 aromatic rings. The fourth-order valence-electron chi connectivity index (χ4n) is 1.78. The SMILES string of the molecule is COCC(NS(=O)(=O)c1ccc(F)c(CN)c1F)C(C)C. The zero-order valence-corrected chi connectivity index (χ0v) is 13.0. The monoisotopic (exact) mass is 322 g/mol. The van der Waals surface area contributed by atoms with Crippen LogP contribution in [0.15, 0.2) is 17.0 Å². The molecule has 0 spiro atoms. The molecule has 8 heteroatoms. The molecule has 0 bridgehead atoms. The minimum Gasteiger partial charge on any atom is -0.383 e. The second-order valence-electron chi connectivity index (χ2n) is 4.97. The summed E-state index contributed by atoms with van der Waals surface area (Å²) < 4.78 is 59.3. The largest absolute Gasteiger partial charge is 0.383 e. The number of methoxy groups -OCH3 is 1. The molecule has 0 fully saturated rings. The molecule has 3 N–H and O–H groups in total. The van der Waals surface area contributed by atoms with E-state index in [-0.39, 0.29) is 12.5 Å². The molecule has 0 heterocycles. The molecule has 21 heavy (non-hydrogen) atoms. The number of benzene rings is 1. The van der Waals surface area contributed by atoms with Crippen molar-refractivity contribution < 1.29 is 21.9 Å². The predicted octanol–water partition coefficient (Wildman–Crippen LogP) is 1.37. The molecule has 120 valence electrons. The van der Waals surface area contributed by atoms with E-state index in [1.165, 1.54) is 7.11 Å². The van der Waals surface area contributed by atoms with E-state index in [1.54, 1.807) is 13.8 Å². The van der Waals surface area contributed by atoms with Crippen molar-refractivity contribution in [2.24, 2.45) is 11.7 Å². The molecular formula is C13H20F2N2O3S. The Bertz CT molecular complexity index is 591. The Balaban J connectivity index is 3.19. The average molecular weight is 322 g/mol. The summed E-state index contributed by atoms with van der Waals surface area (Å²) in [6.45, 7) is 3.33. The highest BCUT2D eigenvalue weighted by Gasteiger charge is 2.27. The zero-order valence-electron chi connectivity index (χ0n) is 12.2. The van der Waals surface area contributed by atoms with Gasteiger partial charge >= 0.3 is 0 Å². The van der Waals surface area contributed by atoms with E-state index in [2.05, 4.69) is 4.72 Å². The van der Waals surface area contributed by atoms with Crippen LogP contribution in [0.5, 0.6) is 0 Å². The summed E-state index contributed by atoms with van der Waals surface area (Å²) in [5.74, 6) is -2.09. The minimum atomic E-state index is -4.13. The van der Waals surface area contributed by atoms with E-state index < -0.39 is 44.7 Å². The van der Waals surface area contributed by atoms with Crippen molar-refractivity contribution in [1.29, 1.82) is 0 Å². The van der Waals surface area contributed by atoms with Crippen LogP contribution in [0.3, 0.4) is 0 Å². The Morgan fingerprint density at radius 2 is 1.95 bits per heavy atom. The zero-order chi connectivity index (χ0) is 16.2. The van der Waals surface area contributed by atoms with Gasteiger partial charge < -0.3 is 10.5 Å². The summed E-state index contributed by atoms with van der Waals surface area (Å²) in [5.41, 5.74) is 4.79. The van der Waals surface area contributed by atoms with E-state index in [9.17, 15) is 17.2 Å². The molecule has 0 aliphatic heterocycles. The average Bonchev–Trinajstić information content (AvgIpc) is 2.38. The molecule has 1 unspecified atom stereocenters.